The van der Waals surface area contributed by atoms with E-state index in [9.17, 15) is 5.11 Å². The van der Waals surface area contributed by atoms with Crippen molar-refractivity contribution in [2.24, 2.45) is 0 Å². The first-order chi connectivity index (χ1) is 7.15. The Balaban J connectivity index is 2.27. The van der Waals surface area contributed by atoms with E-state index in [1.54, 1.807) is 12.1 Å². The summed E-state index contributed by atoms with van der Waals surface area (Å²) >= 11 is 5.07. The van der Waals surface area contributed by atoms with Crippen molar-refractivity contribution in [2.45, 2.75) is 13.0 Å². The zero-order valence-corrected chi connectivity index (χ0v) is 9.14. The van der Waals surface area contributed by atoms with Crippen LogP contribution in [0.4, 0.5) is 0 Å². The fraction of sp³-hybridized carbons (Fsp3) is 0.182. The van der Waals surface area contributed by atoms with Gasteiger partial charge in [0.05, 0.1) is 6.04 Å². The maximum atomic E-state index is 9.19. The minimum atomic E-state index is 0.0827. The summed E-state index contributed by atoms with van der Waals surface area (Å²) in [7, 11) is 0. The summed E-state index contributed by atoms with van der Waals surface area (Å²) in [5.41, 5.74) is 2.12. The quantitative estimate of drug-likeness (QED) is 0.632. The highest BCUT2D eigenvalue weighted by Gasteiger charge is 2.14. The number of phenolic OH excluding ortho intramolecular Hbond substituents is 1. The maximum Gasteiger partial charge on any atom is 0.171 e. The average Bonchev–Trinajstić information content (AvgIpc) is 2.17. The fourth-order valence-electron chi connectivity index (χ4n) is 1.55. The lowest BCUT2D eigenvalue weighted by Gasteiger charge is -2.24. The van der Waals surface area contributed by atoms with Gasteiger partial charge >= 0.3 is 0 Å². The lowest BCUT2D eigenvalue weighted by atomic mass is 10.0. The highest BCUT2D eigenvalue weighted by molar-refractivity contribution is 7.80. The molecule has 0 saturated carbocycles. The summed E-state index contributed by atoms with van der Waals surface area (Å²) in [5, 5.41) is 16.0. The molecule has 0 aliphatic carbocycles. The number of thiocarbonyl (C=S) groups is 1. The summed E-state index contributed by atoms with van der Waals surface area (Å²) in [6.45, 7) is 1.97. The van der Waals surface area contributed by atoms with Crippen molar-refractivity contribution in [3.8, 4) is 5.75 Å². The molecule has 1 aromatic rings. The Morgan fingerprint density at radius 1 is 1.27 bits per heavy atom. The van der Waals surface area contributed by atoms with Crippen LogP contribution in [0.1, 0.15) is 18.5 Å². The second kappa shape index (κ2) is 3.90. The molecule has 0 bridgehead atoms. The van der Waals surface area contributed by atoms with Crippen molar-refractivity contribution >= 4 is 17.3 Å². The lowest BCUT2D eigenvalue weighted by molar-refractivity contribution is 0.475. The number of hydrogen-bond donors (Lipinski definition) is 3. The van der Waals surface area contributed by atoms with Crippen molar-refractivity contribution in [3.05, 3.63) is 41.6 Å². The Morgan fingerprint density at radius 2 is 1.93 bits per heavy atom. The molecule has 1 aliphatic rings. The minimum absolute atomic E-state index is 0.0827. The van der Waals surface area contributed by atoms with E-state index in [2.05, 4.69) is 16.7 Å². The molecule has 3 N–H and O–H groups in total. The number of aromatic hydroxyl groups is 1. The monoisotopic (exact) mass is 220 g/mol. The van der Waals surface area contributed by atoms with E-state index >= 15 is 0 Å². The van der Waals surface area contributed by atoms with Crippen molar-refractivity contribution in [2.75, 3.05) is 0 Å². The summed E-state index contributed by atoms with van der Waals surface area (Å²) in [6, 6.07) is 7.19. The molecule has 1 atom stereocenters. The molecule has 0 fully saturated rings. The SMILES string of the molecule is CC1=CC(c2ccc(O)cc2)NC(=S)N1. The van der Waals surface area contributed by atoms with E-state index in [1.165, 1.54) is 0 Å². The van der Waals surface area contributed by atoms with Gasteiger partial charge in [-0.25, -0.2) is 0 Å². The van der Waals surface area contributed by atoms with Crippen LogP contribution in [-0.2, 0) is 0 Å². The van der Waals surface area contributed by atoms with E-state index < -0.39 is 0 Å². The molecule has 0 spiro atoms. The number of nitrogens with one attached hydrogen (secondary N) is 2. The van der Waals surface area contributed by atoms with Crippen LogP contribution >= 0.6 is 12.2 Å². The molecule has 2 rings (SSSR count). The molecule has 1 heterocycles. The Bertz CT molecular complexity index is 411. The molecule has 0 amide bonds. The minimum Gasteiger partial charge on any atom is -0.508 e. The zero-order chi connectivity index (χ0) is 10.8. The standard InChI is InChI=1S/C11H12N2OS/c1-7-6-10(13-11(15)12-7)8-2-4-9(14)5-3-8/h2-6,10,14H,1H3,(H2,12,13,15). The third kappa shape index (κ3) is 2.27. The van der Waals surface area contributed by atoms with E-state index in [-0.39, 0.29) is 11.8 Å². The smallest absolute Gasteiger partial charge is 0.171 e. The van der Waals surface area contributed by atoms with Gasteiger partial charge in [0.25, 0.3) is 0 Å². The molecule has 0 aromatic heterocycles. The molecule has 1 aromatic carbocycles. The topological polar surface area (TPSA) is 44.3 Å². The Kier molecular flexibility index (Phi) is 2.60. The van der Waals surface area contributed by atoms with Crippen molar-refractivity contribution < 1.29 is 5.11 Å². The number of phenols is 1. The summed E-state index contributed by atoms with van der Waals surface area (Å²) in [5.74, 6) is 0.274. The van der Waals surface area contributed by atoms with E-state index in [4.69, 9.17) is 12.2 Å². The number of hydrogen-bond acceptors (Lipinski definition) is 2. The predicted molar refractivity (Wildman–Crippen MR) is 63.5 cm³/mol. The van der Waals surface area contributed by atoms with Gasteiger partial charge in [-0.1, -0.05) is 12.1 Å². The van der Waals surface area contributed by atoms with Crippen LogP contribution in [0.3, 0.4) is 0 Å². The molecule has 4 heteroatoms. The molecular formula is C11H12N2OS. The molecule has 0 radical (unpaired) electrons. The first-order valence-corrected chi connectivity index (χ1v) is 5.11. The number of benzene rings is 1. The first kappa shape index (κ1) is 9.98. The normalized spacial score (nSPS) is 20.2. The first-order valence-electron chi connectivity index (χ1n) is 4.70. The molecule has 0 saturated heterocycles. The third-order valence-electron chi connectivity index (χ3n) is 2.27. The zero-order valence-electron chi connectivity index (χ0n) is 8.32. The van der Waals surface area contributed by atoms with Gasteiger partial charge in [0.2, 0.25) is 0 Å². The van der Waals surface area contributed by atoms with Gasteiger partial charge in [-0.2, -0.15) is 0 Å². The molecule has 15 heavy (non-hydrogen) atoms. The van der Waals surface area contributed by atoms with Crippen LogP contribution in [0.5, 0.6) is 5.75 Å². The van der Waals surface area contributed by atoms with Crippen molar-refractivity contribution in [3.63, 3.8) is 0 Å². The number of rotatable bonds is 1. The summed E-state index contributed by atoms with van der Waals surface area (Å²) in [6.07, 6.45) is 2.06. The second-order valence-electron chi connectivity index (χ2n) is 3.52. The Labute approximate surface area is 93.8 Å². The summed E-state index contributed by atoms with van der Waals surface area (Å²) < 4.78 is 0. The van der Waals surface area contributed by atoms with Gasteiger partial charge in [0, 0.05) is 5.70 Å². The molecule has 3 nitrogen and oxygen atoms in total. The van der Waals surface area contributed by atoms with Crippen LogP contribution in [0.2, 0.25) is 0 Å². The third-order valence-corrected chi connectivity index (χ3v) is 2.49. The van der Waals surface area contributed by atoms with Crippen LogP contribution in [0.25, 0.3) is 0 Å². The van der Waals surface area contributed by atoms with Crippen molar-refractivity contribution in [1.29, 1.82) is 0 Å². The van der Waals surface area contributed by atoms with E-state index in [0.717, 1.165) is 11.3 Å². The van der Waals surface area contributed by atoms with E-state index in [1.807, 2.05) is 19.1 Å². The molecule has 1 unspecified atom stereocenters. The number of allylic oxidation sites excluding steroid dienone is 1. The van der Waals surface area contributed by atoms with Gasteiger partial charge in [-0.3, -0.25) is 0 Å². The van der Waals surface area contributed by atoms with Crippen LogP contribution in [-0.4, -0.2) is 10.2 Å². The molecular weight excluding hydrogens is 208 g/mol. The Morgan fingerprint density at radius 3 is 2.53 bits per heavy atom. The highest BCUT2D eigenvalue weighted by Crippen LogP contribution is 2.20. The van der Waals surface area contributed by atoms with Gasteiger partial charge in [0.15, 0.2) is 5.11 Å². The maximum absolute atomic E-state index is 9.19. The van der Waals surface area contributed by atoms with Crippen LogP contribution in [0.15, 0.2) is 36.0 Å². The largest absolute Gasteiger partial charge is 0.508 e. The molecule has 1 aliphatic heterocycles. The summed E-state index contributed by atoms with van der Waals surface area (Å²) in [4.78, 5) is 0. The van der Waals surface area contributed by atoms with Gasteiger partial charge in [-0.05, 0) is 42.9 Å². The second-order valence-corrected chi connectivity index (χ2v) is 3.93. The lowest BCUT2D eigenvalue weighted by Crippen LogP contribution is -2.40. The average molecular weight is 220 g/mol. The van der Waals surface area contributed by atoms with Crippen LogP contribution in [0, 0.1) is 0 Å². The predicted octanol–water partition coefficient (Wildman–Crippen LogP) is 1.81. The van der Waals surface area contributed by atoms with Gasteiger partial charge < -0.3 is 15.7 Å². The van der Waals surface area contributed by atoms with Gasteiger partial charge in [0.1, 0.15) is 5.75 Å². The van der Waals surface area contributed by atoms with E-state index in [0.29, 0.717) is 5.11 Å². The molecule has 78 valence electrons. The highest BCUT2D eigenvalue weighted by atomic mass is 32.1. The Hall–Kier alpha value is -1.55. The fourth-order valence-corrected chi connectivity index (χ4v) is 1.84. The van der Waals surface area contributed by atoms with Gasteiger partial charge in [-0.15, -0.1) is 0 Å². The van der Waals surface area contributed by atoms with Crippen LogP contribution < -0.4 is 10.6 Å². The van der Waals surface area contributed by atoms with Crippen molar-refractivity contribution in [1.82, 2.24) is 10.6 Å².